The van der Waals surface area contributed by atoms with Gasteiger partial charge in [-0.3, -0.25) is 0 Å². The molecule has 0 saturated heterocycles. The molecule has 1 heterocycles. The molecule has 0 unspecified atom stereocenters. The number of benzene rings is 1. The van der Waals surface area contributed by atoms with Crippen molar-refractivity contribution in [3.8, 4) is 22.4 Å². The minimum Gasteiger partial charge on any atom is -0.491 e. The summed E-state index contributed by atoms with van der Waals surface area (Å²) in [4.78, 5) is 15.7. The molecule has 0 aliphatic rings. The second-order valence-corrected chi connectivity index (χ2v) is 6.24. The topological polar surface area (TPSA) is 83.2 Å². The first-order chi connectivity index (χ1) is 10.4. The third kappa shape index (κ3) is 3.26. The number of thiazole rings is 1. The molecule has 0 aliphatic heterocycles. The molecule has 0 saturated carbocycles. The Kier molecular flexibility index (Phi) is 4.78. The van der Waals surface area contributed by atoms with E-state index in [0.29, 0.717) is 40.1 Å². The first-order valence-corrected chi connectivity index (χ1v) is 7.62. The summed E-state index contributed by atoms with van der Waals surface area (Å²) in [6.45, 7) is 6.17. The first-order valence-electron chi connectivity index (χ1n) is 6.81. The number of ether oxygens (including phenoxy) is 1. The molecule has 0 radical (unpaired) electrons. The third-order valence-corrected chi connectivity index (χ3v) is 4.10. The predicted octanol–water partition coefficient (Wildman–Crippen LogP) is 3.72. The maximum absolute atomic E-state index is 11.2. The van der Waals surface area contributed by atoms with E-state index in [2.05, 4.69) is 11.1 Å². The van der Waals surface area contributed by atoms with Crippen molar-refractivity contribution < 1.29 is 14.6 Å². The van der Waals surface area contributed by atoms with E-state index in [0.717, 1.165) is 11.3 Å². The number of hydrogen-bond acceptors (Lipinski definition) is 5. The molecule has 5 nitrogen and oxygen atoms in total. The molecular weight excluding hydrogens is 300 g/mol. The van der Waals surface area contributed by atoms with Gasteiger partial charge in [0.1, 0.15) is 21.7 Å². The maximum Gasteiger partial charge on any atom is 0.347 e. The van der Waals surface area contributed by atoms with E-state index in [1.165, 1.54) is 0 Å². The molecule has 1 aromatic heterocycles. The van der Waals surface area contributed by atoms with Crippen molar-refractivity contribution in [2.24, 2.45) is 5.92 Å². The highest BCUT2D eigenvalue weighted by molar-refractivity contribution is 7.17. The van der Waals surface area contributed by atoms with Gasteiger partial charge in [-0.1, -0.05) is 19.9 Å². The fourth-order valence-corrected chi connectivity index (χ4v) is 2.84. The second-order valence-electron chi connectivity index (χ2n) is 5.24. The Hall–Kier alpha value is -2.39. The van der Waals surface area contributed by atoms with Gasteiger partial charge >= 0.3 is 5.97 Å². The Morgan fingerprint density at radius 1 is 1.50 bits per heavy atom. The predicted molar refractivity (Wildman–Crippen MR) is 84.3 cm³/mol. The van der Waals surface area contributed by atoms with Gasteiger partial charge < -0.3 is 9.84 Å². The summed E-state index contributed by atoms with van der Waals surface area (Å²) in [7, 11) is 0. The van der Waals surface area contributed by atoms with E-state index in [9.17, 15) is 10.1 Å². The minimum absolute atomic E-state index is 0.201. The monoisotopic (exact) mass is 316 g/mol. The van der Waals surface area contributed by atoms with E-state index in [1.807, 2.05) is 13.8 Å². The summed E-state index contributed by atoms with van der Waals surface area (Å²) in [5, 5.41) is 19.0. The van der Waals surface area contributed by atoms with Crippen molar-refractivity contribution in [2.45, 2.75) is 20.8 Å². The molecule has 0 amide bonds. The van der Waals surface area contributed by atoms with Crippen LogP contribution in [0.4, 0.5) is 0 Å². The van der Waals surface area contributed by atoms with Crippen molar-refractivity contribution in [2.75, 3.05) is 6.61 Å². The Morgan fingerprint density at radius 2 is 2.23 bits per heavy atom. The quantitative estimate of drug-likeness (QED) is 0.908. The zero-order valence-electron chi connectivity index (χ0n) is 12.6. The minimum atomic E-state index is -0.998. The molecular formula is C16H16N2O3S. The zero-order valence-corrected chi connectivity index (χ0v) is 13.4. The zero-order chi connectivity index (χ0) is 16.3. The van der Waals surface area contributed by atoms with E-state index in [1.54, 1.807) is 25.1 Å². The van der Waals surface area contributed by atoms with Gasteiger partial charge in [0.2, 0.25) is 0 Å². The normalized spacial score (nSPS) is 10.5. The van der Waals surface area contributed by atoms with E-state index < -0.39 is 5.97 Å². The van der Waals surface area contributed by atoms with Crippen LogP contribution in [0, 0.1) is 24.2 Å². The number of aryl methyl sites for hydroxylation is 1. The van der Waals surface area contributed by atoms with Gasteiger partial charge in [0, 0.05) is 0 Å². The van der Waals surface area contributed by atoms with Crippen molar-refractivity contribution in [3.63, 3.8) is 0 Å². The summed E-state index contributed by atoms with van der Waals surface area (Å²) in [5.74, 6) is -0.223. The molecule has 114 valence electrons. The first kappa shape index (κ1) is 16.0. The van der Waals surface area contributed by atoms with Crippen molar-refractivity contribution >= 4 is 17.3 Å². The highest BCUT2D eigenvalue weighted by Gasteiger charge is 2.19. The Bertz CT molecular complexity index is 744. The van der Waals surface area contributed by atoms with Crippen LogP contribution in [0.15, 0.2) is 18.2 Å². The van der Waals surface area contributed by atoms with Crippen LogP contribution in [0.5, 0.6) is 5.75 Å². The molecule has 0 atom stereocenters. The summed E-state index contributed by atoms with van der Waals surface area (Å²) in [6, 6.07) is 7.32. The molecule has 6 heteroatoms. The van der Waals surface area contributed by atoms with E-state index >= 15 is 0 Å². The van der Waals surface area contributed by atoms with Crippen molar-refractivity contribution in [3.05, 3.63) is 34.3 Å². The van der Waals surface area contributed by atoms with Crippen LogP contribution in [0.1, 0.15) is 34.8 Å². The maximum atomic E-state index is 11.2. The summed E-state index contributed by atoms with van der Waals surface area (Å²) >= 11 is 1.09. The van der Waals surface area contributed by atoms with Gasteiger partial charge in [0.25, 0.3) is 0 Å². The Morgan fingerprint density at radius 3 is 2.77 bits per heavy atom. The second kappa shape index (κ2) is 6.58. The van der Waals surface area contributed by atoms with Gasteiger partial charge in [-0.05, 0) is 25.0 Å². The summed E-state index contributed by atoms with van der Waals surface area (Å²) < 4.78 is 5.78. The third-order valence-electron chi connectivity index (χ3n) is 2.92. The van der Waals surface area contributed by atoms with Gasteiger partial charge in [0.05, 0.1) is 23.4 Å². The van der Waals surface area contributed by atoms with Crippen LogP contribution >= 0.6 is 11.3 Å². The number of carboxylic acids is 1. The number of para-hydroxylation sites is 1. The standard InChI is InChI=1S/C16H16N2O3S/c1-9(2)8-21-13-11(7-17)5-4-6-12(13)15-18-10(3)14(22-15)16(19)20/h4-6,9H,8H2,1-3H3,(H,19,20). The van der Waals surface area contributed by atoms with Crippen LogP contribution in [0.2, 0.25) is 0 Å². The van der Waals surface area contributed by atoms with E-state index in [4.69, 9.17) is 9.84 Å². The number of rotatable bonds is 5. The van der Waals surface area contributed by atoms with Gasteiger partial charge in [-0.25, -0.2) is 9.78 Å². The lowest BCUT2D eigenvalue weighted by molar-refractivity contribution is 0.0701. The lowest BCUT2D eigenvalue weighted by Gasteiger charge is -2.13. The largest absolute Gasteiger partial charge is 0.491 e. The van der Waals surface area contributed by atoms with Crippen LogP contribution in [-0.4, -0.2) is 22.7 Å². The summed E-state index contributed by atoms with van der Waals surface area (Å²) in [6.07, 6.45) is 0. The Balaban J connectivity index is 2.52. The molecule has 1 aromatic carbocycles. The molecule has 2 rings (SSSR count). The number of carboxylic acid groups (broad SMARTS) is 1. The van der Waals surface area contributed by atoms with Crippen LogP contribution < -0.4 is 4.74 Å². The lowest BCUT2D eigenvalue weighted by Crippen LogP contribution is -2.06. The smallest absolute Gasteiger partial charge is 0.347 e. The molecule has 2 aromatic rings. The van der Waals surface area contributed by atoms with Crippen molar-refractivity contribution in [1.82, 2.24) is 4.98 Å². The number of hydrogen-bond donors (Lipinski definition) is 1. The number of nitrogens with zero attached hydrogens (tertiary/aromatic N) is 2. The average Bonchev–Trinajstić information content (AvgIpc) is 2.86. The lowest BCUT2D eigenvalue weighted by atomic mass is 10.1. The fourth-order valence-electron chi connectivity index (χ4n) is 1.91. The number of carbonyl (C=O) groups is 1. The molecule has 0 bridgehead atoms. The Labute approximate surface area is 132 Å². The SMILES string of the molecule is Cc1nc(-c2cccc(C#N)c2OCC(C)C)sc1C(=O)O. The molecule has 0 aliphatic carbocycles. The number of aromatic nitrogens is 1. The molecule has 0 fully saturated rings. The average molecular weight is 316 g/mol. The van der Waals surface area contributed by atoms with Gasteiger partial charge in [-0.2, -0.15) is 5.26 Å². The molecule has 0 spiro atoms. The van der Waals surface area contributed by atoms with Crippen molar-refractivity contribution in [1.29, 1.82) is 5.26 Å². The van der Waals surface area contributed by atoms with Gasteiger partial charge in [0.15, 0.2) is 0 Å². The fraction of sp³-hybridized carbons (Fsp3) is 0.312. The molecule has 1 N–H and O–H groups in total. The summed E-state index contributed by atoms with van der Waals surface area (Å²) in [5.41, 5.74) is 1.54. The molecule has 22 heavy (non-hydrogen) atoms. The van der Waals surface area contributed by atoms with Gasteiger partial charge in [-0.15, -0.1) is 11.3 Å². The number of nitriles is 1. The van der Waals surface area contributed by atoms with Crippen LogP contribution in [0.3, 0.4) is 0 Å². The number of aromatic carboxylic acids is 1. The van der Waals surface area contributed by atoms with Crippen LogP contribution in [-0.2, 0) is 0 Å². The van der Waals surface area contributed by atoms with E-state index in [-0.39, 0.29) is 4.88 Å². The highest BCUT2D eigenvalue weighted by Crippen LogP contribution is 2.36. The van der Waals surface area contributed by atoms with Crippen LogP contribution in [0.25, 0.3) is 10.6 Å². The highest BCUT2D eigenvalue weighted by atomic mass is 32.1.